The molecule has 7 heteroatoms. The monoisotopic (exact) mass is 354 g/mol. The zero-order valence-corrected chi connectivity index (χ0v) is 14.3. The maximum Gasteiger partial charge on any atom is 0.248 e. The lowest BCUT2D eigenvalue weighted by Crippen LogP contribution is -2.12. The molecule has 0 unspecified atom stereocenters. The quantitative estimate of drug-likeness (QED) is 0.610. The molecule has 3 heterocycles. The van der Waals surface area contributed by atoms with Crippen LogP contribution >= 0.6 is 0 Å². The summed E-state index contributed by atoms with van der Waals surface area (Å²) in [5, 5.41) is 0.467. The van der Waals surface area contributed by atoms with E-state index in [0.717, 1.165) is 22.9 Å². The molecule has 0 spiro atoms. The fourth-order valence-corrected chi connectivity index (χ4v) is 3.24. The lowest BCUT2D eigenvalue weighted by atomic mass is 10.1. The highest BCUT2D eigenvalue weighted by Gasteiger charge is 2.17. The predicted molar refractivity (Wildman–Crippen MR) is 95.2 cm³/mol. The molecule has 0 bridgehead atoms. The van der Waals surface area contributed by atoms with Crippen LogP contribution in [0.5, 0.6) is 0 Å². The number of rotatable bonds is 3. The van der Waals surface area contributed by atoms with E-state index >= 15 is 0 Å². The Balaban J connectivity index is 1.96. The maximum absolute atomic E-state index is 14.1. The van der Waals surface area contributed by atoms with Crippen LogP contribution in [0.4, 0.5) is 8.78 Å². The Bertz CT molecular complexity index is 1190. The number of aromatic nitrogens is 4. The second-order valence-corrected chi connectivity index (χ2v) is 6.52. The largest absolute Gasteiger partial charge is 0.323 e. The van der Waals surface area contributed by atoms with Crippen LogP contribution in [0.1, 0.15) is 31.2 Å². The summed E-state index contributed by atoms with van der Waals surface area (Å²) in [5.41, 5.74) is 1.63. The van der Waals surface area contributed by atoms with Crippen LogP contribution in [0, 0.1) is 11.6 Å². The van der Waals surface area contributed by atoms with E-state index in [1.807, 2.05) is 24.5 Å². The first-order valence-electron chi connectivity index (χ1n) is 8.25. The van der Waals surface area contributed by atoms with Gasteiger partial charge in [-0.2, -0.15) is 0 Å². The third kappa shape index (κ3) is 2.56. The Labute approximate surface area is 147 Å². The van der Waals surface area contributed by atoms with E-state index in [0.29, 0.717) is 17.5 Å². The second kappa shape index (κ2) is 6.01. The second-order valence-electron chi connectivity index (χ2n) is 6.52. The fraction of sp³-hybridized carbons (Fsp3) is 0.211. The van der Waals surface area contributed by atoms with Gasteiger partial charge in [-0.1, -0.05) is 13.8 Å². The topological polar surface area (TPSA) is 63.6 Å². The van der Waals surface area contributed by atoms with Crippen molar-refractivity contribution in [3.8, 4) is 0 Å². The van der Waals surface area contributed by atoms with E-state index in [1.54, 1.807) is 12.4 Å². The van der Waals surface area contributed by atoms with Gasteiger partial charge in [-0.15, -0.1) is 0 Å². The zero-order valence-electron chi connectivity index (χ0n) is 14.3. The van der Waals surface area contributed by atoms with Gasteiger partial charge < -0.3 is 9.55 Å². The number of halogens is 2. The number of benzene rings is 1. The van der Waals surface area contributed by atoms with Crippen LogP contribution in [-0.2, 0) is 6.54 Å². The summed E-state index contributed by atoms with van der Waals surface area (Å²) < 4.78 is 29.7. The lowest BCUT2D eigenvalue weighted by molar-refractivity contribution is 0.515. The summed E-state index contributed by atoms with van der Waals surface area (Å²) in [5.74, 6) is -1.06. The maximum atomic E-state index is 14.1. The van der Waals surface area contributed by atoms with Gasteiger partial charge >= 0.3 is 0 Å². The highest BCUT2D eigenvalue weighted by molar-refractivity contribution is 5.83. The SMILES string of the molecule is CC(C)c1nc2cnccc2n1Cc1cc(=O)[nH]c2c(F)c(F)ccc12. The van der Waals surface area contributed by atoms with Crippen molar-refractivity contribution in [1.29, 1.82) is 0 Å². The van der Waals surface area contributed by atoms with Gasteiger partial charge in [-0.3, -0.25) is 9.78 Å². The highest BCUT2D eigenvalue weighted by Crippen LogP contribution is 2.25. The number of imidazole rings is 1. The summed E-state index contributed by atoms with van der Waals surface area (Å²) in [7, 11) is 0. The number of nitrogens with zero attached hydrogens (tertiary/aromatic N) is 3. The Hall–Kier alpha value is -3.09. The molecule has 0 atom stereocenters. The number of aromatic amines is 1. The number of hydrogen-bond acceptors (Lipinski definition) is 3. The number of fused-ring (bicyclic) bond motifs is 2. The first kappa shape index (κ1) is 16.4. The summed E-state index contributed by atoms with van der Waals surface area (Å²) in [4.78, 5) is 23.1. The standard InChI is InChI=1S/C19H16F2N4O/c1-10(2)19-23-14-8-22-6-5-15(14)25(19)9-11-7-16(26)24-18-12(11)3-4-13(20)17(18)21/h3-8,10H,9H2,1-2H3,(H,24,26). The minimum absolute atomic E-state index is 0.121. The highest BCUT2D eigenvalue weighted by atomic mass is 19.2. The average Bonchev–Trinajstić information content (AvgIpc) is 2.97. The molecular weight excluding hydrogens is 338 g/mol. The van der Waals surface area contributed by atoms with E-state index in [4.69, 9.17) is 0 Å². The van der Waals surface area contributed by atoms with Crippen molar-refractivity contribution in [2.45, 2.75) is 26.3 Å². The van der Waals surface area contributed by atoms with Crippen LogP contribution in [0.3, 0.4) is 0 Å². The zero-order chi connectivity index (χ0) is 18.4. The molecule has 132 valence electrons. The molecule has 0 aliphatic rings. The van der Waals surface area contributed by atoms with Crippen molar-refractivity contribution in [2.24, 2.45) is 0 Å². The first-order valence-corrected chi connectivity index (χ1v) is 8.25. The lowest BCUT2D eigenvalue weighted by Gasteiger charge is -2.13. The molecule has 1 N–H and O–H groups in total. The third-order valence-corrected chi connectivity index (χ3v) is 4.42. The van der Waals surface area contributed by atoms with Gasteiger partial charge in [0, 0.05) is 23.6 Å². The van der Waals surface area contributed by atoms with Crippen LogP contribution < -0.4 is 5.56 Å². The normalized spacial score (nSPS) is 11.7. The van der Waals surface area contributed by atoms with E-state index in [9.17, 15) is 13.6 Å². The molecular formula is C19H16F2N4O. The summed E-state index contributed by atoms with van der Waals surface area (Å²) in [6.45, 7) is 4.37. The molecule has 0 aliphatic heterocycles. The minimum Gasteiger partial charge on any atom is -0.323 e. The van der Waals surface area contributed by atoms with Crippen molar-refractivity contribution in [3.63, 3.8) is 0 Å². The fourth-order valence-electron chi connectivity index (χ4n) is 3.24. The average molecular weight is 354 g/mol. The number of hydrogen-bond donors (Lipinski definition) is 1. The molecule has 0 fully saturated rings. The van der Waals surface area contributed by atoms with Gasteiger partial charge in [0.1, 0.15) is 11.3 Å². The van der Waals surface area contributed by atoms with E-state index < -0.39 is 17.2 Å². The molecule has 0 saturated carbocycles. The van der Waals surface area contributed by atoms with Crippen LogP contribution in [0.2, 0.25) is 0 Å². The van der Waals surface area contributed by atoms with E-state index in [-0.39, 0.29) is 11.4 Å². The number of H-pyrrole nitrogens is 1. The Kier molecular flexibility index (Phi) is 3.79. The Morgan fingerprint density at radius 2 is 2.04 bits per heavy atom. The van der Waals surface area contributed by atoms with Gasteiger partial charge in [0.2, 0.25) is 5.56 Å². The third-order valence-electron chi connectivity index (χ3n) is 4.42. The Morgan fingerprint density at radius 3 is 2.81 bits per heavy atom. The summed E-state index contributed by atoms with van der Waals surface area (Å²) >= 11 is 0. The van der Waals surface area contributed by atoms with Gasteiger partial charge in [0.15, 0.2) is 11.6 Å². The molecule has 3 aromatic heterocycles. The van der Waals surface area contributed by atoms with Crippen LogP contribution in [0.15, 0.2) is 41.5 Å². The van der Waals surface area contributed by atoms with Crippen molar-refractivity contribution >= 4 is 21.9 Å². The molecule has 0 aliphatic carbocycles. The molecule has 26 heavy (non-hydrogen) atoms. The van der Waals surface area contributed by atoms with Gasteiger partial charge in [-0.05, 0) is 23.8 Å². The summed E-state index contributed by atoms with van der Waals surface area (Å²) in [6, 6.07) is 5.81. The molecule has 1 aromatic carbocycles. The molecule has 0 saturated heterocycles. The van der Waals surface area contributed by atoms with Crippen molar-refractivity contribution < 1.29 is 8.78 Å². The van der Waals surface area contributed by atoms with Crippen LogP contribution in [-0.4, -0.2) is 19.5 Å². The van der Waals surface area contributed by atoms with E-state index in [1.165, 1.54) is 12.1 Å². The van der Waals surface area contributed by atoms with Crippen molar-refractivity contribution in [2.75, 3.05) is 0 Å². The van der Waals surface area contributed by atoms with Gasteiger partial charge in [0.05, 0.1) is 23.8 Å². The van der Waals surface area contributed by atoms with E-state index in [2.05, 4.69) is 15.0 Å². The minimum atomic E-state index is -1.05. The number of pyridine rings is 2. The molecule has 5 nitrogen and oxygen atoms in total. The van der Waals surface area contributed by atoms with Gasteiger partial charge in [0.25, 0.3) is 0 Å². The molecule has 4 aromatic rings. The summed E-state index contributed by atoms with van der Waals surface area (Å²) in [6.07, 6.45) is 3.36. The smallest absolute Gasteiger partial charge is 0.248 e. The Morgan fingerprint density at radius 1 is 1.23 bits per heavy atom. The number of nitrogens with one attached hydrogen (secondary N) is 1. The molecule has 0 radical (unpaired) electrons. The molecule has 0 amide bonds. The molecule has 4 rings (SSSR count). The first-order chi connectivity index (χ1) is 12.5. The van der Waals surface area contributed by atoms with Crippen molar-refractivity contribution in [3.05, 3.63) is 70.0 Å². The van der Waals surface area contributed by atoms with Crippen LogP contribution in [0.25, 0.3) is 21.9 Å². The predicted octanol–water partition coefficient (Wildman–Crippen LogP) is 3.72. The van der Waals surface area contributed by atoms with Crippen molar-refractivity contribution in [1.82, 2.24) is 19.5 Å². The van der Waals surface area contributed by atoms with Gasteiger partial charge in [-0.25, -0.2) is 13.8 Å².